The van der Waals surface area contributed by atoms with E-state index in [0.29, 0.717) is 12.3 Å². The fourth-order valence-corrected chi connectivity index (χ4v) is 3.11. The van der Waals surface area contributed by atoms with E-state index < -0.39 is 12.1 Å². The van der Waals surface area contributed by atoms with E-state index in [-0.39, 0.29) is 24.5 Å². The zero-order chi connectivity index (χ0) is 17.0. The van der Waals surface area contributed by atoms with Crippen LogP contribution in [0.15, 0.2) is 29.2 Å². The minimum atomic E-state index is -1.02. The van der Waals surface area contributed by atoms with Gasteiger partial charge in [0.15, 0.2) is 6.10 Å². The normalized spacial score (nSPS) is 18.7. The zero-order valence-electron chi connectivity index (χ0n) is 13.7. The zero-order valence-corrected chi connectivity index (χ0v) is 14.6. The van der Waals surface area contributed by atoms with Crippen LogP contribution < -0.4 is 0 Å². The molecule has 0 saturated carbocycles. The Morgan fingerprint density at radius 2 is 1.96 bits per heavy atom. The highest BCUT2D eigenvalue weighted by Crippen LogP contribution is 2.25. The van der Waals surface area contributed by atoms with Crippen LogP contribution in [0.25, 0.3) is 0 Å². The third kappa shape index (κ3) is 4.97. The number of carboxylic acid groups (broad SMARTS) is 1. The van der Waals surface area contributed by atoms with Gasteiger partial charge in [-0.1, -0.05) is 32.9 Å². The number of morpholine rings is 1. The number of amides is 1. The molecule has 126 valence electrons. The highest BCUT2D eigenvalue weighted by atomic mass is 32.2. The van der Waals surface area contributed by atoms with Crippen LogP contribution in [0.3, 0.4) is 0 Å². The monoisotopic (exact) mass is 337 g/mol. The standard InChI is InChI=1S/C17H23NO4S/c1-17(2,3)12-4-6-13(7-5-12)23-11-15(19)18-8-9-22-14(10-18)16(20)21/h4-7,14H,8-11H2,1-3H3,(H,20,21). The third-order valence-electron chi connectivity index (χ3n) is 3.78. The molecule has 1 aromatic carbocycles. The first-order valence-corrected chi connectivity index (χ1v) is 8.61. The van der Waals surface area contributed by atoms with Gasteiger partial charge in [-0.2, -0.15) is 0 Å². The van der Waals surface area contributed by atoms with E-state index in [1.54, 1.807) is 4.90 Å². The van der Waals surface area contributed by atoms with Gasteiger partial charge in [0.2, 0.25) is 5.91 Å². The van der Waals surface area contributed by atoms with E-state index in [4.69, 9.17) is 9.84 Å². The van der Waals surface area contributed by atoms with E-state index >= 15 is 0 Å². The molecule has 23 heavy (non-hydrogen) atoms. The number of ether oxygens (including phenoxy) is 1. The summed E-state index contributed by atoms with van der Waals surface area (Å²) in [7, 11) is 0. The number of carbonyl (C=O) groups excluding carboxylic acids is 1. The minimum Gasteiger partial charge on any atom is -0.479 e. The number of benzene rings is 1. The lowest BCUT2D eigenvalue weighted by atomic mass is 9.87. The summed E-state index contributed by atoms with van der Waals surface area (Å²) >= 11 is 1.47. The molecule has 1 aromatic rings. The molecule has 1 fully saturated rings. The molecule has 1 atom stereocenters. The Kier molecular flexibility index (Phi) is 5.70. The Labute approximate surface area is 141 Å². The molecule has 1 aliphatic heterocycles. The van der Waals surface area contributed by atoms with Gasteiger partial charge in [-0.05, 0) is 23.1 Å². The molecular weight excluding hydrogens is 314 g/mol. The minimum absolute atomic E-state index is 0.0514. The first-order chi connectivity index (χ1) is 10.8. The summed E-state index contributed by atoms with van der Waals surface area (Å²) in [6, 6.07) is 8.22. The number of carbonyl (C=O) groups is 2. The first kappa shape index (κ1) is 17.8. The van der Waals surface area contributed by atoms with E-state index in [1.807, 2.05) is 12.1 Å². The lowest BCUT2D eigenvalue weighted by molar-refractivity contribution is -0.158. The summed E-state index contributed by atoms with van der Waals surface area (Å²) in [5.74, 6) is -0.765. The van der Waals surface area contributed by atoms with Crippen LogP contribution in [0.1, 0.15) is 26.3 Å². The predicted molar refractivity (Wildman–Crippen MR) is 89.8 cm³/mol. The van der Waals surface area contributed by atoms with Crippen molar-refractivity contribution in [3.05, 3.63) is 29.8 Å². The topological polar surface area (TPSA) is 66.8 Å². The molecule has 0 aliphatic carbocycles. The van der Waals surface area contributed by atoms with Gasteiger partial charge < -0.3 is 14.7 Å². The fourth-order valence-electron chi connectivity index (χ4n) is 2.31. The van der Waals surface area contributed by atoms with Crippen LogP contribution in [0.5, 0.6) is 0 Å². The maximum Gasteiger partial charge on any atom is 0.334 e. The smallest absolute Gasteiger partial charge is 0.334 e. The van der Waals surface area contributed by atoms with Gasteiger partial charge in [-0.15, -0.1) is 11.8 Å². The van der Waals surface area contributed by atoms with Crippen LogP contribution in [0, 0.1) is 0 Å². The van der Waals surface area contributed by atoms with Gasteiger partial charge in [0.1, 0.15) is 0 Å². The second-order valence-corrected chi connectivity index (χ2v) is 7.65. The Morgan fingerprint density at radius 3 is 2.52 bits per heavy atom. The molecule has 1 N–H and O–H groups in total. The second-order valence-electron chi connectivity index (χ2n) is 6.60. The molecule has 0 aromatic heterocycles. The van der Waals surface area contributed by atoms with Crippen molar-refractivity contribution >= 4 is 23.6 Å². The van der Waals surface area contributed by atoms with E-state index in [9.17, 15) is 9.59 Å². The number of hydrogen-bond acceptors (Lipinski definition) is 4. The third-order valence-corrected chi connectivity index (χ3v) is 4.77. The Hall–Kier alpha value is -1.53. The van der Waals surface area contributed by atoms with Gasteiger partial charge in [0.05, 0.1) is 18.9 Å². The molecule has 1 unspecified atom stereocenters. The summed E-state index contributed by atoms with van der Waals surface area (Å²) in [4.78, 5) is 25.8. The van der Waals surface area contributed by atoms with Crippen LogP contribution in [-0.2, 0) is 19.7 Å². The summed E-state index contributed by atoms with van der Waals surface area (Å²) in [5, 5.41) is 8.97. The van der Waals surface area contributed by atoms with E-state index in [0.717, 1.165) is 4.90 Å². The Morgan fingerprint density at radius 1 is 1.30 bits per heavy atom. The Bertz CT molecular complexity index is 565. The second kappa shape index (κ2) is 7.36. The van der Waals surface area contributed by atoms with E-state index in [1.165, 1.54) is 17.3 Å². The van der Waals surface area contributed by atoms with Gasteiger partial charge in [0.25, 0.3) is 0 Å². The van der Waals surface area contributed by atoms with Crippen molar-refractivity contribution in [2.24, 2.45) is 0 Å². The number of rotatable bonds is 4. The van der Waals surface area contributed by atoms with Gasteiger partial charge >= 0.3 is 5.97 Å². The van der Waals surface area contributed by atoms with Gasteiger partial charge in [-0.25, -0.2) is 4.79 Å². The highest BCUT2D eigenvalue weighted by molar-refractivity contribution is 8.00. The molecule has 2 rings (SSSR count). The predicted octanol–water partition coefficient (Wildman–Crippen LogP) is 2.39. The molecule has 1 aliphatic rings. The maximum atomic E-state index is 12.2. The highest BCUT2D eigenvalue weighted by Gasteiger charge is 2.28. The number of aliphatic carboxylic acids is 1. The summed E-state index contributed by atoms with van der Waals surface area (Å²) < 4.78 is 5.13. The lowest BCUT2D eigenvalue weighted by Crippen LogP contribution is -2.49. The number of thioether (sulfide) groups is 1. The van der Waals surface area contributed by atoms with Crippen LogP contribution in [-0.4, -0.2) is 53.4 Å². The average molecular weight is 337 g/mol. The number of carboxylic acids is 1. The molecule has 0 radical (unpaired) electrons. The largest absolute Gasteiger partial charge is 0.479 e. The van der Waals surface area contributed by atoms with Crippen LogP contribution in [0.4, 0.5) is 0 Å². The SMILES string of the molecule is CC(C)(C)c1ccc(SCC(=O)N2CCOC(C(=O)O)C2)cc1. The average Bonchev–Trinajstić information content (AvgIpc) is 2.52. The molecule has 1 amide bonds. The quantitative estimate of drug-likeness (QED) is 0.855. The first-order valence-electron chi connectivity index (χ1n) is 7.63. The van der Waals surface area contributed by atoms with Crippen LogP contribution in [0.2, 0.25) is 0 Å². The van der Waals surface area contributed by atoms with Crippen molar-refractivity contribution in [3.63, 3.8) is 0 Å². The fraction of sp³-hybridized carbons (Fsp3) is 0.529. The van der Waals surface area contributed by atoms with Gasteiger partial charge in [0, 0.05) is 11.4 Å². The van der Waals surface area contributed by atoms with E-state index in [2.05, 4.69) is 32.9 Å². The molecule has 1 saturated heterocycles. The van der Waals surface area contributed by atoms with Crippen molar-refractivity contribution in [1.29, 1.82) is 0 Å². The molecule has 1 heterocycles. The Balaban J connectivity index is 1.88. The summed E-state index contributed by atoms with van der Waals surface area (Å²) in [5.41, 5.74) is 1.37. The summed E-state index contributed by atoms with van der Waals surface area (Å²) in [6.45, 7) is 7.33. The number of nitrogens with zero attached hydrogens (tertiary/aromatic N) is 1. The molecule has 6 heteroatoms. The number of hydrogen-bond donors (Lipinski definition) is 1. The van der Waals surface area contributed by atoms with Crippen molar-refractivity contribution in [1.82, 2.24) is 4.90 Å². The van der Waals surface area contributed by atoms with Crippen LogP contribution >= 0.6 is 11.8 Å². The van der Waals surface area contributed by atoms with Crippen molar-refractivity contribution in [3.8, 4) is 0 Å². The maximum absolute atomic E-state index is 12.2. The molecule has 0 spiro atoms. The molecule has 0 bridgehead atoms. The molecular formula is C17H23NO4S. The van der Waals surface area contributed by atoms with Gasteiger partial charge in [-0.3, -0.25) is 4.79 Å². The van der Waals surface area contributed by atoms with Crippen molar-refractivity contribution < 1.29 is 19.4 Å². The summed E-state index contributed by atoms with van der Waals surface area (Å²) in [6.07, 6.45) is -0.913. The lowest BCUT2D eigenvalue weighted by Gasteiger charge is -2.30. The van der Waals surface area contributed by atoms with Crippen molar-refractivity contribution in [2.75, 3.05) is 25.4 Å². The van der Waals surface area contributed by atoms with Crippen molar-refractivity contribution in [2.45, 2.75) is 37.2 Å². The molecule has 5 nitrogen and oxygen atoms in total.